The average Bonchev–Trinajstić information content (AvgIpc) is 1.93. The summed E-state index contributed by atoms with van der Waals surface area (Å²) in [6, 6.07) is 0. The first-order valence-electron chi connectivity index (χ1n) is 5.25. The summed E-state index contributed by atoms with van der Waals surface area (Å²) in [5, 5.41) is 0. The quantitative estimate of drug-likeness (QED) is 0.586. The Hall–Kier alpha value is -0.238. The molecular weight excluding hydrogens is 171 g/mol. The van der Waals surface area contributed by atoms with E-state index in [1.165, 1.54) is 5.94 Å². The Morgan fingerprint density at radius 2 is 2.00 bits per heavy atom. The molecule has 13 heavy (non-hydrogen) atoms. The van der Waals surface area contributed by atoms with Crippen molar-refractivity contribution in [3.8, 4) is 0 Å². The van der Waals surface area contributed by atoms with Gasteiger partial charge >= 0.3 is 0 Å². The number of allylic oxidation sites excluding steroid dienone is 3. The lowest BCUT2D eigenvalue weighted by atomic mass is 9.44. The predicted molar refractivity (Wildman–Crippen MR) is 66.0 cm³/mol. The number of hydrogen-bond donors (Lipinski definition) is 0. The van der Waals surface area contributed by atoms with E-state index >= 15 is 0 Å². The van der Waals surface area contributed by atoms with Crippen molar-refractivity contribution in [3.05, 3.63) is 23.6 Å². The molecule has 1 rings (SSSR count). The van der Waals surface area contributed by atoms with Crippen molar-refractivity contribution in [1.82, 2.24) is 0 Å². The van der Waals surface area contributed by atoms with Crippen LogP contribution < -0.4 is 0 Å². The number of hydrogen-bond acceptors (Lipinski definition) is 0. The minimum atomic E-state index is -0.901. The molecule has 0 nitrogen and oxygen atoms in total. The first-order valence-corrected chi connectivity index (χ1v) is 8.96. The minimum Gasteiger partial charge on any atom is -0.114 e. The van der Waals surface area contributed by atoms with E-state index in [1.807, 2.05) is 0 Å². The van der Waals surface area contributed by atoms with Crippen molar-refractivity contribution in [1.29, 1.82) is 0 Å². The molecule has 0 spiro atoms. The van der Waals surface area contributed by atoms with E-state index in [0.717, 1.165) is 6.71 Å². The lowest BCUT2D eigenvalue weighted by Crippen LogP contribution is -2.30. The molecule has 0 aromatic carbocycles. The van der Waals surface area contributed by atoms with Gasteiger partial charge in [0.15, 0.2) is 6.71 Å². The summed E-state index contributed by atoms with van der Waals surface area (Å²) >= 11 is 0. The molecule has 0 fully saturated rings. The lowest BCUT2D eigenvalue weighted by molar-refractivity contribution is 0.929. The van der Waals surface area contributed by atoms with Crippen LogP contribution in [0.25, 0.3) is 0 Å². The fourth-order valence-corrected chi connectivity index (χ4v) is 3.72. The molecule has 0 aromatic rings. The maximum atomic E-state index is 2.45. The molecule has 0 radical (unpaired) electrons. The van der Waals surface area contributed by atoms with Crippen molar-refractivity contribution < 1.29 is 0 Å². The second-order valence-corrected chi connectivity index (χ2v) is 11.1. The smallest absolute Gasteiger partial charge is 0.114 e. The molecule has 1 heterocycles. The third kappa shape index (κ3) is 3.55. The molecule has 0 aromatic heterocycles. The molecule has 1 aliphatic heterocycles. The van der Waals surface area contributed by atoms with Gasteiger partial charge in [0.2, 0.25) is 0 Å². The van der Waals surface area contributed by atoms with E-state index in [-0.39, 0.29) is 0 Å². The lowest BCUT2D eigenvalue weighted by Gasteiger charge is -2.23. The average molecular weight is 192 g/mol. The van der Waals surface area contributed by atoms with Gasteiger partial charge in [-0.1, -0.05) is 51.6 Å². The zero-order valence-electron chi connectivity index (χ0n) is 9.59. The molecule has 2 heteroatoms. The topological polar surface area (TPSA) is 0 Å². The van der Waals surface area contributed by atoms with Crippen LogP contribution in [0.3, 0.4) is 0 Å². The molecule has 0 amide bonds. The predicted octanol–water partition coefficient (Wildman–Crippen LogP) is 3.59. The van der Waals surface area contributed by atoms with Gasteiger partial charge in [-0.15, -0.1) is 11.4 Å². The maximum Gasteiger partial charge on any atom is 0.192 e. The van der Waals surface area contributed by atoms with E-state index in [9.17, 15) is 0 Å². The van der Waals surface area contributed by atoms with Gasteiger partial charge in [0, 0.05) is 8.07 Å². The second-order valence-electron chi connectivity index (χ2n) is 5.53. The third-order valence-electron chi connectivity index (χ3n) is 2.59. The molecule has 0 saturated heterocycles. The zero-order chi connectivity index (χ0) is 10.1. The molecule has 0 N–H and O–H groups in total. The Morgan fingerprint density at radius 1 is 1.38 bits per heavy atom. The van der Waals surface area contributed by atoms with Gasteiger partial charge in [-0.3, -0.25) is 0 Å². The van der Waals surface area contributed by atoms with Gasteiger partial charge in [0.25, 0.3) is 0 Å². The van der Waals surface area contributed by atoms with Gasteiger partial charge in [0.1, 0.15) is 0 Å². The van der Waals surface area contributed by atoms with E-state index in [1.54, 1.807) is 5.47 Å². The van der Waals surface area contributed by atoms with Gasteiger partial charge in [-0.05, 0) is 5.92 Å². The van der Waals surface area contributed by atoms with Gasteiger partial charge in [0.05, 0.1) is 0 Å². The summed E-state index contributed by atoms with van der Waals surface area (Å²) in [6.45, 7) is 12.6. The van der Waals surface area contributed by atoms with E-state index in [4.69, 9.17) is 0 Å². The van der Waals surface area contributed by atoms with Crippen LogP contribution in [0.15, 0.2) is 23.6 Å². The summed E-state index contributed by atoms with van der Waals surface area (Å²) in [6.07, 6.45) is 4.75. The Kier molecular flexibility index (Phi) is 3.23. The maximum absolute atomic E-state index is 2.45. The molecule has 1 unspecified atom stereocenters. The zero-order valence-corrected chi connectivity index (χ0v) is 10.6. The molecule has 0 bridgehead atoms. The number of rotatable bonds is 2. The first-order chi connectivity index (χ1) is 5.88. The summed E-state index contributed by atoms with van der Waals surface area (Å²) < 4.78 is 0. The van der Waals surface area contributed by atoms with Crippen molar-refractivity contribution in [2.45, 2.75) is 39.4 Å². The van der Waals surface area contributed by atoms with Crippen LogP contribution in [0.2, 0.25) is 25.6 Å². The van der Waals surface area contributed by atoms with E-state index in [0.29, 0.717) is 5.92 Å². The SMILES string of the molecule is CC1=CC(C)C=CB1C[Si](C)(C)C. The van der Waals surface area contributed by atoms with Crippen molar-refractivity contribution >= 4 is 14.8 Å². The molecule has 0 aliphatic carbocycles. The fraction of sp³-hybridized carbons (Fsp3) is 0.636. The van der Waals surface area contributed by atoms with Crippen LogP contribution in [0, 0.1) is 5.92 Å². The Bertz CT molecular complexity index is 235. The monoisotopic (exact) mass is 192 g/mol. The Labute approximate surface area is 84.2 Å². The highest BCUT2D eigenvalue weighted by atomic mass is 28.3. The molecule has 0 saturated carbocycles. The highest BCUT2D eigenvalue weighted by Crippen LogP contribution is 2.22. The standard InChI is InChI=1S/C11H21BSi/c1-10-6-7-12(11(2)8-10)9-13(3,4)5/h6-8,10H,9H2,1-5H3. The highest BCUT2D eigenvalue weighted by molar-refractivity contribution is 6.91. The van der Waals surface area contributed by atoms with Gasteiger partial charge < -0.3 is 0 Å². The van der Waals surface area contributed by atoms with Crippen LogP contribution in [-0.2, 0) is 0 Å². The third-order valence-corrected chi connectivity index (χ3v) is 4.25. The highest BCUT2D eigenvalue weighted by Gasteiger charge is 2.24. The summed E-state index contributed by atoms with van der Waals surface area (Å²) in [5.74, 6) is 4.47. The van der Waals surface area contributed by atoms with Crippen molar-refractivity contribution in [3.63, 3.8) is 0 Å². The Morgan fingerprint density at radius 3 is 2.46 bits per heavy atom. The Balaban J connectivity index is 2.63. The van der Waals surface area contributed by atoms with Crippen molar-refractivity contribution in [2.24, 2.45) is 5.92 Å². The first kappa shape index (κ1) is 10.8. The van der Waals surface area contributed by atoms with E-state index in [2.05, 4.69) is 51.6 Å². The van der Waals surface area contributed by atoms with Crippen LogP contribution in [-0.4, -0.2) is 14.8 Å². The normalized spacial score (nSPS) is 23.3. The second kappa shape index (κ2) is 3.87. The summed E-state index contributed by atoms with van der Waals surface area (Å²) in [4.78, 5) is 0. The van der Waals surface area contributed by atoms with Crippen molar-refractivity contribution in [2.75, 3.05) is 0 Å². The van der Waals surface area contributed by atoms with Gasteiger partial charge in [-0.25, -0.2) is 0 Å². The van der Waals surface area contributed by atoms with E-state index < -0.39 is 8.07 Å². The molecule has 72 valence electrons. The van der Waals surface area contributed by atoms with Crippen LogP contribution in [0.1, 0.15) is 13.8 Å². The fourth-order valence-electron chi connectivity index (χ4n) is 1.94. The van der Waals surface area contributed by atoms with Crippen LogP contribution in [0.5, 0.6) is 0 Å². The molecule has 1 atom stereocenters. The molecular formula is C11H21BSi. The minimum absolute atomic E-state index is 0.651. The summed E-state index contributed by atoms with van der Waals surface area (Å²) in [5.41, 5.74) is 1.58. The molecule has 1 aliphatic rings. The van der Waals surface area contributed by atoms with Crippen LogP contribution in [0.4, 0.5) is 0 Å². The summed E-state index contributed by atoms with van der Waals surface area (Å²) in [7, 11) is -0.901. The van der Waals surface area contributed by atoms with Gasteiger partial charge in [-0.2, -0.15) is 0 Å². The largest absolute Gasteiger partial charge is 0.192 e. The van der Waals surface area contributed by atoms with Crippen LogP contribution >= 0.6 is 0 Å².